The maximum Gasteiger partial charge on any atom is 0.410 e. The summed E-state index contributed by atoms with van der Waals surface area (Å²) in [6.07, 6.45) is 4.69. The van der Waals surface area contributed by atoms with Crippen molar-refractivity contribution in [2.24, 2.45) is 0 Å². The van der Waals surface area contributed by atoms with E-state index in [2.05, 4.69) is 30.2 Å². The molecule has 3 heterocycles. The zero-order valence-corrected chi connectivity index (χ0v) is 18.5. The largest absolute Gasteiger partial charge is 0.470 e. The summed E-state index contributed by atoms with van der Waals surface area (Å²) in [5.41, 5.74) is -1.09. The normalized spacial score (nSPS) is 19.4. The Hall–Kier alpha value is -3.18. The van der Waals surface area contributed by atoms with Crippen molar-refractivity contribution in [3.8, 4) is 11.8 Å². The summed E-state index contributed by atoms with van der Waals surface area (Å²) in [5, 5.41) is 9.03. The van der Waals surface area contributed by atoms with Crippen LogP contribution >= 0.6 is 0 Å². The van der Waals surface area contributed by atoms with E-state index in [1.807, 2.05) is 27.7 Å². The second kappa shape index (κ2) is 9.53. The molecule has 0 aliphatic carbocycles. The van der Waals surface area contributed by atoms with Gasteiger partial charge in [0.05, 0.1) is 12.4 Å². The van der Waals surface area contributed by atoms with Gasteiger partial charge in [0.15, 0.2) is 5.82 Å². The van der Waals surface area contributed by atoms with Crippen LogP contribution < -0.4 is 14.8 Å². The Balaban J connectivity index is 1.60. The number of hydrogen-bond donors (Lipinski definition) is 2. The summed E-state index contributed by atoms with van der Waals surface area (Å²) in [6.45, 7) is 5.61. The first-order chi connectivity index (χ1) is 15.0. The molecule has 0 saturated carbocycles. The average Bonchev–Trinajstić information content (AvgIpc) is 2.99. The van der Waals surface area contributed by atoms with Crippen LogP contribution in [-0.2, 0) is 4.74 Å². The lowest BCUT2D eigenvalue weighted by molar-refractivity contribution is -0.0528. The molecule has 3 rings (SSSR count). The number of nitrogens with zero attached hydrogens (tertiary/aromatic N) is 4. The number of halogens is 2. The SMILES string of the molecule is CC(C)(C)OC(=O)N1CCC[C@](C)(Oc2cncc(Nc3cc(OC(F)F)n[nH]3)n2)CC1. The monoisotopic (exact) mass is 454 g/mol. The molecule has 1 aliphatic heterocycles. The number of carbonyl (C=O) groups is 1. The van der Waals surface area contributed by atoms with E-state index in [9.17, 15) is 13.6 Å². The number of carbonyl (C=O) groups excluding carboxylic acids is 1. The van der Waals surface area contributed by atoms with Crippen LogP contribution in [0.25, 0.3) is 0 Å². The van der Waals surface area contributed by atoms with Crippen molar-refractivity contribution in [2.45, 2.75) is 64.8 Å². The van der Waals surface area contributed by atoms with Gasteiger partial charge in [0, 0.05) is 25.6 Å². The number of aromatic amines is 1. The van der Waals surface area contributed by atoms with Gasteiger partial charge in [0.25, 0.3) is 0 Å². The third kappa shape index (κ3) is 6.92. The molecule has 32 heavy (non-hydrogen) atoms. The van der Waals surface area contributed by atoms with Crippen LogP contribution in [0.2, 0.25) is 0 Å². The minimum Gasteiger partial charge on any atom is -0.470 e. The predicted octanol–water partition coefficient (Wildman–Crippen LogP) is 4.10. The van der Waals surface area contributed by atoms with E-state index in [0.717, 1.165) is 12.8 Å². The summed E-state index contributed by atoms with van der Waals surface area (Å²) in [5.74, 6) is 0.693. The Morgan fingerprint density at radius 1 is 1.25 bits per heavy atom. The molecule has 2 N–H and O–H groups in total. The summed E-state index contributed by atoms with van der Waals surface area (Å²) in [7, 11) is 0. The van der Waals surface area contributed by atoms with Crippen LogP contribution in [0.1, 0.15) is 47.0 Å². The van der Waals surface area contributed by atoms with E-state index >= 15 is 0 Å². The van der Waals surface area contributed by atoms with Gasteiger partial charge in [-0.2, -0.15) is 13.8 Å². The van der Waals surface area contributed by atoms with Crippen molar-refractivity contribution < 1.29 is 27.8 Å². The molecular formula is C20H28F2N6O4. The molecule has 0 aromatic carbocycles. The van der Waals surface area contributed by atoms with E-state index < -0.39 is 17.8 Å². The zero-order valence-electron chi connectivity index (χ0n) is 18.5. The van der Waals surface area contributed by atoms with E-state index in [1.165, 1.54) is 18.5 Å². The maximum absolute atomic E-state index is 12.4. The fourth-order valence-corrected chi connectivity index (χ4v) is 3.23. The van der Waals surface area contributed by atoms with Gasteiger partial charge in [-0.15, -0.1) is 5.10 Å². The fraction of sp³-hybridized carbons (Fsp3) is 0.600. The second-order valence-corrected chi connectivity index (χ2v) is 8.74. The van der Waals surface area contributed by atoms with Crippen molar-refractivity contribution in [3.63, 3.8) is 0 Å². The molecule has 1 aliphatic rings. The third-order valence-corrected chi connectivity index (χ3v) is 4.69. The van der Waals surface area contributed by atoms with Crippen molar-refractivity contribution in [1.82, 2.24) is 25.1 Å². The minimum atomic E-state index is -2.96. The summed E-state index contributed by atoms with van der Waals surface area (Å²) in [4.78, 5) is 22.6. The van der Waals surface area contributed by atoms with Gasteiger partial charge in [0.2, 0.25) is 11.8 Å². The second-order valence-electron chi connectivity index (χ2n) is 8.74. The Morgan fingerprint density at radius 3 is 2.75 bits per heavy atom. The number of nitrogens with one attached hydrogen (secondary N) is 2. The van der Waals surface area contributed by atoms with Gasteiger partial charge in [-0.3, -0.25) is 10.1 Å². The molecule has 176 valence electrons. The molecular weight excluding hydrogens is 426 g/mol. The van der Waals surface area contributed by atoms with Gasteiger partial charge >= 0.3 is 12.7 Å². The number of hydrogen-bond acceptors (Lipinski definition) is 8. The van der Waals surface area contributed by atoms with Gasteiger partial charge in [-0.25, -0.2) is 4.79 Å². The smallest absolute Gasteiger partial charge is 0.410 e. The molecule has 1 fully saturated rings. The van der Waals surface area contributed by atoms with Crippen LogP contribution in [0.15, 0.2) is 18.5 Å². The molecule has 1 amide bonds. The molecule has 1 atom stereocenters. The molecule has 12 heteroatoms. The lowest BCUT2D eigenvalue weighted by Gasteiger charge is -2.29. The fourth-order valence-electron chi connectivity index (χ4n) is 3.23. The molecule has 1 saturated heterocycles. The van der Waals surface area contributed by atoms with Gasteiger partial charge in [-0.1, -0.05) is 0 Å². The highest BCUT2D eigenvalue weighted by Gasteiger charge is 2.33. The van der Waals surface area contributed by atoms with Crippen LogP contribution in [0.5, 0.6) is 11.8 Å². The number of likely N-dealkylation sites (tertiary alicyclic amines) is 1. The van der Waals surface area contributed by atoms with Crippen molar-refractivity contribution in [1.29, 1.82) is 0 Å². The number of ether oxygens (including phenoxy) is 3. The highest BCUT2D eigenvalue weighted by Crippen LogP contribution is 2.29. The number of H-pyrrole nitrogens is 1. The number of rotatable bonds is 6. The van der Waals surface area contributed by atoms with Crippen molar-refractivity contribution in [2.75, 3.05) is 18.4 Å². The molecule has 10 nitrogen and oxygen atoms in total. The number of anilines is 2. The lowest BCUT2D eigenvalue weighted by atomic mass is 9.97. The quantitative estimate of drug-likeness (QED) is 0.670. The predicted molar refractivity (Wildman–Crippen MR) is 111 cm³/mol. The topological polar surface area (TPSA) is 114 Å². The third-order valence-electron chi connectivity index (χ3n) is 4.69. The van der Waals surface area contributed by atoms with Crippen LogP contribution in [0, 0.1) is 0 Å². The Morgan fingerprint density at radius 2 is 2.03 bits per heavy atom. The van der Waals surface area contributed by atoms with Crippen molar-refractivity contribution in [3.05, 3.63) is 18.5 Å². The number of alkyl halides is 2. The Kier molecular flexibility index (Phi) is 6.99. The van der Waals surface area contributed by atoms with E-state index in [4.69, 9.17) is 9.47 Å². The highest BCUT2D eigenvalue weighted by atomic mass is 19.3. The van der Waals surface area contributed by atoms with Crippen LogP contribution in [0.3, 0.4) is 0 Å². The van der Waals surface area contributed by atoms with Gasteiger partial charge in [0.1, 0.15) is 17.0 Å². The minimum absolute atomic E-state index is 0.247. The Bertz CT molecular complexity index is 919. The summed E-state index contributed by atoms with van der Waals surface area (Å²) < 4.78 is 40.4. The molecule has 0 radical (unpaired) electrons. The lowest BCUT2D eigenvalue weighted by Crippen LogP contribution is -2.39. The summed E-state index contributed by atoms with van der Waals surface area (Å²) in [6, 6.07) is 1.28. The number of amides is 1. The van der Waals surface area contributed by atoms with Crippen molar-refractivity contribution >= 4 is 17.7 Å². The van der Waals surface area contributed by atoms with E-state index in [0.29, 0.717) is 37.0 Å². The molecule has 2 aromatic rings. The number of aromatic nitrogens is 4. The standard InChI is InChI=1S/C20H28F2N6O4/c1-19(2,3)32-18(29)28-8-5-6-20(4,7-9-28)31-16-12-23-11-14(25-16)24-13-10-15(27-26-13)30-17(21)22/h10-12,17H,5-9H2,1-4H3,(H2,24,25,26,27)/t20-/m0/s1. The Labute approximate surface area is 184 Å². The molecule has 0 unspecified atom stereocenters. The molecule has 0 bridgehead atoms. The van der Waals surface area contributed by atoms with Gasteiger partial charge < -0.3 is 24.4 Å². The average molecular weight is 454 g/mol. The maximum atomic E-state index is 12.4. The molecule has 2 aromatic heterocycles. The van der Waals surface area contributed by atoms with Crippen LogP contribution in [0.4, 0.5) is 25.2 Å². The first-order valence-electron chi connectivity index (χ1n) is 10.3. The highest BCUT2D eigenvalue weighted by molar-refractivity contribution is 5.68. The first kappa shape index (κ1) is 23.5. The van der Waals surface area contributed by atoms with E-state index in [-0.39, 0.29) is 12.0 Å². The molecule has 0 spiro atoms. The van der Waals surface area contributed by atoms with E-state index in [1.54, 1.807) is 4.90 Å². The first-order valence-corrected chi connectivity index (χ1v) is 10.3. The summed E-state index contributed by atoms with van der Waals surface area (Å²) >= 11 is 0. The zero-order chi connectivity index (χ0) is 23.4. The van der Waals surface area contributed by atoms with Crippen LogP contribution in [-0.4, -0.2) is 62.1 Å². The van der Waals surface area contributed by atoms with Gasteiger partial charge in [-0.05, 0) is 40.5 Å².